The van der Waals surface area contributed by atoms with Gasteiger partial charge < -0.3 is 10.2 Å². The molecule has 1 fully saturated rings. The molecule has 1 aromatic rings. The maximum atomic E-state index is 12.5. The number of carbonyl (C=O) groups excluding carboxylic acids is 2. The molecule has 0 bridgehead atoms. The second kappa shape index (κ2) is 6.06. The molecule has 1 aromatic carbocycles. The van der Waals surface area contributed by atoms with Gasteiger partial charge in [-0.1, -0.05) is 11.6 Å². The molecule has 0 radical (unpaired) electrons. The Morgan fingerprint density at radius 1 is 1.29 bits per heavy atom. The number of nitrogens with zero attached hydrogens (tertiary/aromatic N) is 1. The zero-order valence-electron chi connectivity index (χ0n) is 12.7. The molecule has 0 spiro atoms. The van der Waals surface area contributed by atoms with Gasteiger partial charge in [0.05, 0.1) is 0 Å². The van der Waals surface area contributed by atoms with Gasteiger partial charge >= 0.3 is 0 Å². The van der Waals surface area contributed by atoms with Gasteiger partial charge in [-0.2, -0.15) is 0 Å². The average molecular weight is 309 g/mol. The first-order valence-corrected chi connectivity index (χ1v) is 7.69. The minimum Gasteiger partial charge on any atom is -0.342 e. The van der Waals surface area contributed by atoms with Crippen molar-refractivity contribution in [1.82, 2.24) is 4.90 Å². The van der Waals surface area contributed by atoms with Crippen molar-refractivity contribution in [3.63, 3.8) is 0 Å². The molecule has 0 aliphatic heterocycles. The van der Waals surface area contributed by atoms with Crippen LogP contribution in [-0.4, -0.2) is 29.8 Å². The molecule has 0 saturated heterocycles. The quantitative estimate of drug-likeness (QED) is 0.849. The lowest BCUT2D eigenvalue weighted by molar-refractivity contribution is -0.141. The van der Waals surface area contributed by atoms with E-state index in [2.05, 4.69) is 5.32 Å². The Kier molecular flexibility index (Phi) is 4.57. The summed E-state index contributed by atoms with van der Waals surface area (Å²) in [4.78, 5) is 26.7. The fourth-order valence-electron chi connectivity index (χ4n) is 2.49. The number of hydrogen-bond donors (Lipinski definition) is 1. The molecule has 1 aliphatic rings. The maximum Gasteiger partial charge on any atom is 0.240 e. The van der Waals surface area contributed by atoms with Gasteiger partial charge in [-0.15, -0.1) is 0 Å². The first-order valence-electron chi connectivity index (χ1n) is 7.31. The highest BCUT2D eigenvalue weighted by Gasteiger charge is 2.57. The Balaban J connectivity index is 2.14. The molecule has 2 amide bonds. The third-order valence-corrected chi connectivity index (χ3v) is 4.32. The number of aryl methyl sites for hydroxylation is 1. The predicted molar refractivity (Wildman–Crippen MR) is 84.4 cm³/mol. The molecule has 21 heavy (non-hydrogen) atoms. The van der Waals surface area contributed by atoms with Crippen LogP contribution in [0.2, 0.25) is 5.02 Å². The van der Waals surface area contributed by atoms with E-state index in [0.717, 1.165) is 5.56 Å². The van der Waals surface area contributed by atoms with Crippen LogP contribution in [0.4, 0.5) is 5.69 Å². The smallest absolute Gasteiger partial charge is 0.240 e. The molecule has 0 unspecified atom stereocenters. The highest BCUT2D eigenvalue weighted by atomic mass is 35.5. The van der Waals surface area contributed by atoms with E-state index in [4.69, 9.17) is 11.6 Å². The van der Waals surface area contributed by atoms with Gasteiger partial charge in [0.15, 0.2) is 0 Å². The number of nitrogens with one attached hydrogen (secondary N) is 1. The van der Waals surface area contributed by atoms with Crippen LogP contribution in [0, 0.1) is 12.3 Å². The van der Waals surface area contributed by atoms with Crippen LogP contribution in [0.1, 0.15) is 32.3 Å². The second-order valence-electron chi connectivity index (χ2n) is 5.47. The lowest BCUT2D eigenvalue weighted by Gasteiger charge is -2.24. The summed E-state index contributed by atoms with van der Waals surface area (Å²) in [6.45, 7) is 7.00. The van der Waals surface area contributed by atoms with Gasteiger partial charge in [0.1, 0.15) is 5.41 Å². The van der Waals surface area contributed by atoms with Crippen LogP contribution in [-0.2, 0) is 9.59 Å². The molecule has 114 valence electrons. The van der Waals surface area contributed by atoms with Gasteiger partial charge in [0, 0.05) is 23.8 Å². The number of carbonyl (C=O) groups is 2. The highest BCUT2D eigenvalue weighted by molar-refractivity contribution is 6.30. The maximum absolute atomic E-state index is 12.5. The normalized spacial score (nSPS) is 15.4. The van der Waals surface area contributed by atoms with Crippen LogP contribution < -0.4 is 5.32 Å². The number of benzene rings is 1. The molecule has 1 saturated carbocycles. The Morgan fingerprint density at radius 3 is 2.38 bits per heavy atom. The topological polar surface area (TPSA) is 49.4 Å². The Labute approximate surface area is 130 Å². The van der Waals surface area contributed by atoms with Crippen molar-refractivity contribution in [2.24, 2.45) is 5.41 Å². The summed E-state index contributed by atoms with van der Waals surface area (Å²) in [7, 11) is 0. The highest BCUT2D eigenvalue weighted by Crippen LogP contribution is 2.48. The van der Waals surface area contributed by atoms with Gasteiger partial charge in [0.25, 0.3) is 0 Å². The first-order chi connectivity index (χ1) is 9.94. The van der Waals surface area contributed by atoms with Crippen molar-refractivity contribution in [3.05, 3.63) is 28.8 Å². The third kappa shape index (κ3) is 3.05. The lowest BCUT2D eigenvalue weighted by atomic mass is 10.0. The van der Waals surface area contributed by atoms with E-state index in [1.54, 1.807) is 23.1 Å². The van der Waals surface area contributed by atoms with E-state index in [1.165, 1.54) is 0 Å². The zero-order chi connectivity index (χ0) is 15.6. The Morgan fingerprint density at radius 2 is 1.90 bits per heavy atom. The summed E-state index contributed by atoms with van der Waals surface area (Å²) in [5, 5.41) is 3.51. The van der Waals surface area contributed by atoms with Crippen molar-refractivity contribution in [1.29, 1.82) is 0 Å². The average Bonchev–Trinajstić information content (AvgIpc) is 3.24. The molecule has 5 heteroatoms. The Hall–Kier alpha value is -1.55. The number of amides is 2. The molecule has 0 atom stereocenters. The van der Waals surface area contributed by atoms with E-state index in [1.807, 2.05) is 20.8 Å². The minimum absolute atomic E-state index is 0.0587. The third-order valence-electron chi connectivity index (χ3n) is 4.08. The van der Waals surface area contributed by atoms with E-state index in [-0.39, 0.29) is 11.8 Å². The van der Waals surface area contributed by atoms with Crippen LogP contribution in [0.3, 0.4) is 0 Å². The monoisotopic (exact) mass is 308 g/mol. The van der Waals surface area contributed by atoms with Gasteiger partial charge in [-0.05, 0) is 57.4 Å². The van der Waals surface area contributed by atoms with Crippen molar-refractivity contribution in [3.8, 4) is 0 Å². The standard InChI is InChI=1S/C16H21ClN2O2/c1-4-19(5-2)15(21)16(8-9-16)14(20)18-13-7-6-12(17)10-11(13)3/h6-7,10H,4-5,8-9H2,1-3H3,(H,18,20). The molecule has 2 rings (SSSR count). The predicted octanol–water partition coefficient (Wildman–Crippen LogP) is 3.24. The van der Waals surface area contributed by atoms with E-state index < -0.39 is 5.41 Å². The number of hydrogen-bond acceptors (Lipinski definition) is 2. The Bertz CT molecular complexity index is 563. The number of anilines is 1. The molecule has 1 aliphatic carbocycles. The molecule has 0 heterocycles. The SMILES string of the molecule is CCN(CC)C(=O)C1(C(=O)Nc2ccc(Cl)cc2C)CC1. The van der Waals surface area contributed by atoms with Gasteiger partial charge in [0.2, 0.25) is 11.8 Å². The van der Waals surface area contributed by atoms with Crippen molar-refractivity contribution in [2.75, 3.05) is 18.4 Å². The summed E-state index contributed by atoms with van der Waals surface area (Å²) in [6, 6.07) is 5.30. The number of halogens is 1. The molecule has 4 nitrogen and oxygen atoms in total. The summed E-state index contributed by atoms with van der Waals surface area (Å²) in [5.41, 5.74) is 0.739. The summed E-state index contributed by atoms with van der Waals surface area (Å²) >= 11 is 5.91. The largest absolute Gasteiger partial charge is 0.342 e. The fourth-order valence-corrected chi connectivity index (χ4v) is 2.71. The van der Waals surface area contributed by atoms with E-state index in [0.29, 0.717) is 36.6 Å². The van der Waals surface area contributed by atoms with Gasteiger partial charge in [-0.3, -0.25) is 9.59 Å². The summed E-state index contributed by atoms with van der Waals surface area (Å²) in [5.74, 6) is -0.263. The summed E-state index contributed by atoms with van der Waals surface area (Å²) < 4.78 is 0. The molecule has 0 aromatic heterocycles. The van der Waals surface area contributed by atoms with Crippen LogP contribution in [0.5, 0.6) is 0 Å². The van der Waals surface area contributed by atoms with Crippen molar-refractivity contribution < 1.29 is 9.59 Å². The van der Waals surface area contributed by atoms with Crippen molar-refractivity contribution >= 4 is 29.1 Å². The zero-order valence-corrected chi connectivity index (χ0v) is 13.5. The minimum atomic E-state index is -0.863. The molecular weight excluding hydrogens is 288 g/mol. The van der Waals surface area contributed by atoms with E-state index in [9.17, 15) is 9.59 Å². The first kappa shape index (κ1) is 15.8. The van der Waals surface area contributed by atoms with Crippen LogP contribution in [0.25, 0.3) is 0 Å². The van der Waals surface area contributed by atoms with Crippen LogP contribution in [0.15, 0.2) is 18.2 Å². The second-order valence-corrected chi connectivity index (χ2v) is 5.91. The lowest BCUT2D eigenvalue weighted by Crippen LogP contribution is -2.42. The fraction of sp³-hybridized carbons (Fsp3) is 0.500. The molecular formula is C16H21ClN2O2. The van der Waals surface area contributed by atoms with E-state index >= 15 is 0 Å². The number of rotatable bonds is 5. The summed E-state index contributed by atoms with van der Waals surface area (Å²) in [6.07, 6.45) is 1.25. The van der Waals surface area contributed by atoms with Crippen LogP contribution >= 0.6 is 11.6 Å². The molecule has 1 N–H and O–H groups in total. The van der Waals surface area contributed by atoms with Gasteiger partial charge in [-0.25, -0.2) is 0 Å². The van der Waals surface area contributed by atoms with Crippen molar-refractivity contribution in [2.45, 2.75) is 33.6 Å².